The maximum absolute atomic E-state index is 12.1. The molecule has 3 heteroatoms. The summed E-state index contributed by atoms with van der Waals surface area (Å²) in [5.41, 5.74) is 9.11. The second-order valence-corrected chi connectivity index (χ2v) is 8.83. The molecule has 2 aliphatic rings. The molecule has 5 rings (SSSR count). The van der Waals surface area contributed by atoms with Gasteiger partial charge in [0.1, 0.15) is 0 Å². The molecule has 0 spiro atoms. The zero-order chi connectivity index (χ0) is 20.7. The van der Waals surface area contributed by atoms with E-state index in [4.69, 9.17) is 0 Å². The highest BCUT2D eigenvalue weighted by atomic mass is 16.2. The van der Waals surface area contributed by atoms with E-state index in [2.05, 4.69) is 59.5 Å². The van der Waals surface area contributed by atoms with Gasteiger partial charge in [-0.1, -0.05) is 54.6 Å². The Morgan fingerprint density at radius 3 is 2.17 bits per heavy atom. The number of amides is 1. The van der Waals surface area contributed by atoms with Gasteiger partial charge in [-0.3, -0.25) is 9.69 Å². The van der Waals surface area contributed by atoms with Crippen molar-refractivity contribution >= 4 is 5.91 Å². The predicted octanol–water partition coefficient (Wildman–Crippen LogP) is 4.93. The fraction of sp³-hybridized carbons (Fsp3) is 0.296. The molecule has 3 aromatic carbocycles. The molecular weight excluding hydrogens is 368 g/mol. The molecule has 152 valence electrons. The minimum absolute atomic E-state index is 0.0436. The molecule has 0 saturated heterocycles. The van der Waals surface area contributed by atoms with Crippen LogP contribution in [-0.4, -0.2) is 35.8 Å². The van der Waals surface area contributed by atoms with E-state index in [0.29, 0.717) is 6.04 Å². The van der Waals surface area contributed by atoms with Crippen LogP contribution in [0.3, 0.4) is 0 Å². The summed E-state index contributed by atoms with van der Waals surface area (Å²) in [4.78, 5) is 16.4. The van der Waals surface area contributed by atoms with Gasteiger partial charge in [0, 0.05) is 38.8 Å². The van der Waals surface area contributed by atoms with E-state index in [-0.39, 0.29) is 5.91 Å². The van der Waals surface area contributed by atoms with E-state index in [1.54, 1.807) is 19.0 Å². The normalized spacial score (nSPS) is 18.0. The third-order valence-electron chi connectivity index (χ3n) is 6.66. The number of rotatable bonds is 3. The second-order valence-electron chi connectivity index (χ2n) is 8.83. The quantitative estimate of drug-likeness (QED) is 0.627. The Morgan fingerprint density at radius 2 is 1.50 bits per heavy atom. The van der Waals surface area contributed by atoms with Crippen molar-refractivity contribution in [3.63, 3.8) is 0 Å². The Balaban J connectivity index is 1.31. The average molecular weight is 397 g/mol. The third-order valence-corrected chi connectivity index (χ3v) is 6.66. The highest BCUT2D eigenvalue weighted by Crippen LogP contribution is 2.33. The van der Waals surface area contributed by atoms with Crippen LogP contribution in [0.2, 0.25) is 0 Å². The van der Waals surface area contributed by atoms with Crippen molar-refractivity contribution in [2.45, 2.75) is 38.4 Å². The van der Waals surface area contributed by atoms with Gasteiger partial charge in [0.15, 0.2) is 0 Å². The maximum Gasteiger partial charge on any atom is 0.253 e. The number of nitrogens with zero attached hydrogens (tertiary/aromatic N) is 2. The summed E-state index contributed by atoms with van der Waals surface area (Å²) >= 11 is 0. The Morgan fingerprint density at radius 1 is 0.833 bits per heavy atom. The highest BCUT2D eigenvalue weighted by Gasteiger charge is 2.28. The molecule has 1 atom stereocenters. The Bertz CT molecular complexity index is 1060. The topological polar surface area (TPSA) is 23.6 Å². The molecule has 1 amide bonds. The van der Waals surface area contributed by atoms with Gasteiger partial charge >= 0.3 is 0 Å². The summed E-state index contributed by atoms with van der Waals surface area (Å²) < 4.78 is 0. The van der Waals surface area contributed by atoms with Crippen molar-refractivity contribution in [3.8, 4) is 11.1 Å². The molecule has 0 radical (unpaired) electrons. The predicted molar refractivity (Wildman–Crippen MR) is 121 cm³/mol. The fourth-order valence-corrected chi connectivity index (χ4v) is 4.91. The zero-order valence-corrected chi connectivity index (χ0v) is 17.8. The molecule has 3 nitrogen and oxygen atoms in total. The summed E-state index contributed by atoms with van der Waals surface area (Å²) in [6.07, 6.45) is 3.50. The van der Waals surface area contributed by atoms with E-state index in [9.17, 15) is 4.79 Å². The van der Waals surface area contributed by atoms with E-state index >= 15 is 0 Å². The third kappa shape index (κ3) is 3.54. The highest BCUT2D eigenvalue weighted by molar-refractivity contribution is 5.94. The monoisotopic (exact) mass is 396 g/mol. The number of fused-ring (bicyclic) bond motifs is 2. The second kappa shape index (κ2) is 7.73. The molecule has 0 fully saturated rings. The van der Waals surface area contributed by atoms with Crippen molar-refractivity contribution < 1.29 is 4.79 Å². The Hall–Kier alpha value is -2.91. The largest absolute Gasteiger partial charge is 0.345 e. The molecule has 1 heterocycles. The van der Waals surface area contributed by atoms with Gasteiger partial charge in [-0.25, -0.2) is 0 Å². The summed E-state index contributed by atoms with van der Waals surface area (Å²) in [6.45, 7) is 2.18. The average Bonchev–Trinajstić information content (AvgIpc) is 3.22. The molecule has 0 N–H and O–H groups in total. The summed E-state index contributed by atoms with van der Waals surface area (Å²) in [5.74, 6) is 0.0436. The summed E-state index contributed by atoms with van der Waals surface area (Å²) in [5, 5.41) is 0. The zero-order valence-electron chi connectivity index (χ0n) is 17.8. The lowest BCUT2D eigenvalue weighted by molar-refractivity contribution is 0.0827. The van der Waals surface area contributed by atoms with Crippen molar-refractivity contribution in [2.75, 3.05) is 14.1 Å². The number of hydrogen-bond donors (Lipinski definition) is 0. The van der Waals surface area contributed by atoms with Crippen LogP contribution >= 0.6 is 0 Å². The van der Waals surface area contributed by atoms with Crippen molar-refractivity contribution in [2.24, 2.45) is 0 Å². The first-order valence-corrected chi connectivity index (χ1v) is 10.8. The number of benzene rings is 3. The van der Waals surface area contributed by atoms with Crippen LogP contribution in [0.25, 0.3) is 11.1 Å². The molecule has 1 aliphatic carbocycles. The van der Waals surface area contributed by atoms with Crippen molar-refractivity contribution in [3.05, 3.63) is 94.5 Å². The van der Waals surface area contributed by atoms with Gasteiger partial charge in [0.2, 0.25) is 0 Å². The Labute approximate surface area is 178 Å². The molecule has 1 aliphatic heterocycles. The molecule has 0 saturated carbocycles. The molecule has 30 heavy (non-hydrogen) atoms. The summed E-state index contributed by atoms with van der Waals surface area (Å²) in [6, 6.07) is 24.4. The van der Waals surface area contributed by atoms with Crippen LogP contribution < -0.4 is 0 Å². The van der Waals surface area contributed by atoms with Crippen LogP contribution in [0.4, 0.5) is 0 Å². The van der Waals surface area contributed by atoms with Crippen LogP contribution in [0, 0.1) is 0 Å². The van der Waals surface area contributed by atoms with Gasteiger partial charge in [0.25, 0.3) is 5.91 Å². The molecule has 3 aromatic rings. The minimum atomic E-state index is 0.0436. The van der Waals surface area contributed by atoms with Crippen LogP contribution in [0.15, 0.2) is 66.7 Å². The lowest BCUT2D eigenvalue weighted by atomic mass is 9.85. The standard InChI is InChI=1S/C27H28N2O/c1-28(2)27(30)20-9-7-19(8-10-20)21-11-12-23-16-26(14-13-22(23)15-21)29-17-24-5-3-4-6-25(24)18-29/h3-12,15,26H,13-14,16-18H2,1-2H3. The SMILES string of the molecule is CN(C)C(=O)c1ccc(-c2ccc3c(c2)CCC(N2Cc4ccccc4C2)C3)cc1. The van der Waals surface area contributed by atoms with E-state index < -0.39 is 0 Å². The van der Waals surface area contributed by atoms with E-state index in [1.807, 2.05) is 12.1 Å². The maximum atomic E-state index is 12.1. The lowest BCUT2D eigenvalue weighted by Gasteiger charge is -2.32. The number of carbonyl (C=O) groups is 1. The lowest BCUT2D eigenvalue weighted by Crippen LogP contribution is -2.35. The van der Waals surface area contributed by atoms with Gasteiger partial charge in [0.05, 0.1) is 0 Å². The first-order chi connectivity index (χ1) is 14.6. The van der Waals surface area contributed by atoms with Crippen molar-refractivity contribution in [1.29, 1.82) is 0 Å². The van der Waals surface area contributed by atoms with Crippen LogP contribution in [0.1, 0.15) is 39.0 Å². The number of carbonyl (C=O) groups excluding carboxylic acids is 1. The summed E-state index contributed by atoms with van der Waals surface area (Å²) in [7, 11) is 3.57. The smallest absolute Gasteiger partial charge is 0.253 e. The minimum Gasteiger partial charge on any atom is -0.345 e. The number of aryl methyl sites for hydroxylation is 1. The molecule has 1 unspecified atom stereocenters. The first kappa shape index (κ1) is 19.1. The van der Waals surface area contributed by atoms with E-state index in [0.717, 1.165) is 31.5 Å². The first-order valence-electron chi connectivity index (χ1n) is 10.8. The molecular formula is C27H28N2O. The van der Waals surface area contributed by atoms with Crippen molar-refractivity contribution in [1.82, 2.24) is 9.80 Å². The molecule has 0 aromatic heterocycles. The number of hydrogen-bond acceptors (Lipinski definition) is 2. The van der Waals surface area contributed by atoms with E-state index in [1.165, 1.54) is 39.8 Å². The van der Waals surface area contributed by atoms with Gasteiger partial charge in [-0.2, -0.15) is 0 Å². The van der Waals surface area contributed by atoms with Gasteiger partial charge in [-0.15, -0.1) is 0 Å². The van der Waals surface area contributed by atoms with Crippen LogP contribution in [0.5, 0.6) is 0 Å². The van der Waals surface area contributed by atoms with Gasteiger partial charge < -0.3 is 4.90 Å². The van der Waals surface area contributed by atoms with Crippen LogP contribution in [-0.2, 0) is 25.9 Å². The fourth-order valence-electron chi connectivity index (χ4n) is 4.91. The Kier molecular flexibility index (Phi) is 4.92. The van der Waals surface area contributed by atoms with Gasteiger partial charge in [-0.05, 0) is 64.8 Å². The molecule has 0 bridgehead atoms.